The average Bonchev–Trinajstić information content (AvgIpc) is 2.62. The second-order valence-electron chi connectivity index (χ2n) is 6.82. The minimum absolute atomic E-state index is 0.161. The zero-order valence-electron chi connectivity index (χ0n) is 16.1. The maximum Gasteiger partial charge on any atom is 0.262 e. The molecular weight excluding hydrogens is 364 g/mol. The highest BCUT2D eigenvalue weighted by molar-refractivity contribution is 7.89. The van der Waals surface area contributed by atoms with Gasteiger partial charge in [-0.05, 0) is 55.2 Å². The van der Waals surface area contributed by atoms with Crippen molar-refractivity contribution in [2.75, 3.05) is 18.5 Å². The Hall–Kier alpha value is -2.38. The zero-order chi connectivity index (χ0) is 20.0. The molecule has 1 amide bonds. The number of hydrogen-bond acceptors (Lipinski definition) is 4. The number of carbonyl (C=O) groups is 1. The van der Waals surface area contributed by atoms with Gasteiger partial charge in [-0.3, -0.25) is 4.79 Å². The molecule has 7 heteroatoms. The molecule has 2 aromatic rings. The van der Waals surface area contributed by atoms with Gasteiger partial charge >= 0.3 is 0 Å². The van der Waals surface area contributed by atoms with Crippen molar-refractivity contribution in [2.45, 2.75) is 32.6 Å². The van der Waals surface area contributed by atoms with Crippen LogP contribution in [0.1, 0.15) is 25.0 Å². The first kappa shape index (κ1) is 20.9. The molecule has 146 valence electrons. The number of rotatable bonds is 8. The van der Waals surface area contributed by atoms with Crippen molar-refractivity contribution in [3.05, 3.63) is 53.6 Å². The summed E-state index contributed by atoms with van der Waals surface area (Å²) in [7, 11) is -3.54. The lowest BCUT2D eigenvalue weighted by atomic mass is 10.1. The zero-order valence-corrected chi connectivity index (χ0v) is 16.9. The molecule has 0 aliphatic carbocycles. The third-order valence-electron chi connectivity index (χ3n) is 3.93. The van der Waals surface area contributed by atoms with Gasteiger partial charge in [0.05, 0.1) is 4.90 Å². The molecule has 27 heavy (non-hydrogen) atoms. The summed E-state index contributed by atoms with van der Waals surface area (Å²) in [5, 5.41) is 2.84. The number of hydrogen-bond donors (Lipinski definition) is 2. The van der Waals surface area contributed by atoms with Crippen LogP contribution in [0.2, 0.25) is 0 Å². The Balaban J connectivity index is 1.94. The predicted molar refractivity (Wildman–Crippen MR) is 107 cm³/mol. The molecule has 0 radical (unpaired) electrons. The van der Waals surface area contributed by atoms with Crippen LogP contribution in [-0.4, -0.2) is 27.5 Å². The second kappa shape index (κ2) is 9.01. The van der Waals surface area contributed by atoms with Crippen LogP contribution in [0, 0.1) is 19.8 Å². The van der Waals surface area contributed by atoms with E-state index in [0.29, 0.717) is 12.3 Å². The summed E-state index contributed by atoms with van der Waals surface area (Å²) in [6.07, 6.45) is 0. The Morgan fingerprint density at radius 1 is 1.04 bits per heavy atom. The molecule has 2 aromatic carbocycles. The Morgan fingerprint density at radius 2 is 1.63 bits per heavy atom. The van der Waals surface area contributed by atoms with E-state index in [0.717, 1.165) is 16.8 Å². The van der Waals surface area contributed by atoms with Crippen LogP contribution in [0.25, 0.3) is 0 Å². The summed E-state index contributed by atoms with van der Waals surface area (Å²) in [6, 6.07) is 11.8. The number of para-hydroxylation sites is 1. The van der Waals surface area contributed by atoms with Gasteiger partial charge in [0.2, 0.25) is 10.0 Å². The van der Waals surface area contributed by atoms with Crippen molar-refractivity contribution < 1.29 is 17.9 Å². The van der Waals surface area contributed by atoms with E-state index in [1.165, 1.54) is 24.3 Å². The van der Waals surface area contributed by atoms with E-state index in [4.69, 9.17) is 4.74 Å². The average molecular weight is 391 g/mol. The van der Waals surface area contributed by atoms with Crippen LogP contribution < -0.4 is 14.8 Å². The number of carbonyl (C=O) groups excluding carboxylic acids is 1. The van der Waals surface area contributed by atoms with Gasteiger partial charge < -0.3 is 10.1 Å². The molecule has 0 heterocycles. The van der Waals surface area contributed by atoms with Crippen LogP contribution in [-0.2, 0) is 14.8 Å². The van der Waals surface area contributed by atoms with Gasteiger partial charge in [-0.25, -0.2) is 13.1 Å². The van der Waals surface area contributed by atoms with Crippen LogP contribution in [0.3, 0.4) is 0 Å². The maximum atomic E-state index is 12.2. The Bertz CT molecular complexity index is 870. The molecule has 0 atom stereocenters. The molecule has 0 aliphatic rings. The van der Waals surface area contributed by atoms with Crippen molar-refractivity contribution in [3.8, 4) is 5.75 Å². The minimum Gasteiger partial charge on any atom is -0.484 e. The molecule has 0 bridgehead atoms. The summed E-state index contributed by atoms with van der Waals surface area (Å²) in [4.78, 5) is 12.3. The van der Waals surface area contributed by atoms with Gasteiger partial charge in [-0.2, -0.15) is 0 Å². The highest BCUT2D eigenvalue weighted by Gasteiger charge is 2.14. The largest absolute Gasteiger partial charge is 0.484 e. The van der Waals surface area contributed by atoms with Crippen molar-refractivity contribution in [1.29, 1.82) is 0 Å². The van der Waals surface area contributed by atoms with Gasteiger partial charge in [0.15, 0.2) is 6.61 Å². The fourth-order valence-corrected chi connectivity index (χ4v) is 3.62. The van der Waals surface area contributed by atoms with E-state index in [-0.39, 0.29) is 23.3 Å². The van der Waals surface area contributed by atoms with Crippen LogP contribution in [0.4, 0.5) is 5.69 Å². The number of aryl methyl sites for hydroxylation is 2. The van der Waals surface area contributed by atoms with Crippen LogP contribution >= 0.6 is 0 Å². The lowest BCUT2D eigenvalue weighted by molar-refractivity contribution is -0.118. The number of anilines is 1. The molecule has 6 nitrogen and oxygen atoms in total. The molecule has 0 unspecified atom stereocenters. The van der Waals surface area contributed by atoms with Gasteiger partial charge in [-0.15, -0.1) is 0 Å². The Labute approximate surface area is 161 Å². The molecule has 0 spiro atoms. The summed E-state index contributed by atoms with van der Waals surface area (Å²) in [5.74, 6) is 0.370. The Kier molecular flexibility index (Phi) is 6.98. The summed E-state index contributed by atoms with van der Waals surface area (Å²) in [6.45, 7) is 7.93. The predicted octanol–water partition coefficient (Wildman–Crippen LogP) is 3.26. The second-order valence-corrected chi connectivity index (χ2v) is 8.59. The molecular formula is C20H26N2O4S. The minimum atomic E-state index is -3.54. The maximum absolute atomic E-state index is 12.2. The SMILES string of the molecule is Cc1cccc(C)c1NC(=O)COc1ccc(S(=O)(=O)NCC(C)C)cc1. The lowest BCUT2D eigenvalue weighted by Gasteiger charge is -2.12. The first-order chi connectivity index (χ1) is 12.7. The summed E-state index contributed by atoms with van der Waals surface area (Å²) in [5.41, 5.74) is 2.74. The quantitative estimate of drug-likeness (QED) is 0.725. The third kappa shape index (κ3) is 6.08. The molecule has 0 aromatic heterocycles. The number of ether oxygens (including phenoxy) is 1. The highest BCUT2D eigenvalue weighted by Crippen LogP contribution is 2.20. The van der Waals surface area contributed by atoms with Crippen molar-refractivity contribution in [3.63, 3.8) is 0 Å². The van der Waals surface area contributed by atoms with Gasteiger partial charge in [0, 0.05) is 12.2 Å². The standard InChI is InChI=1S/C20H26N2O4S/c1-14(2)12-21-27(24,25)18-10-8-17(9-11-18)26-13-19(23)22-20-15(3)6-5-7-16(20)4/h5-11,14,21H,12-13H2,1-4H3,(H,22,23). The van der Waals surface area contributed by atoms with Gasteiger partial charge in [0.1, 0.15) is 5.75 Å². The van der Waals surface area contributed by atoms with Crippen molar-refractivity contribution in [1.82, 2.24) is 4.72 Å². The van der Waals surface area contributed by atoms with E-state index in [2.05, 4.69) is 10.0 Å². The summed E-state index contributed by atoms with van der Waals surface area (Å²) < 4.78 is 32.3. The van der Waals surface area contributed by atoms with Gasteiger partial charge in [0.25, 0.3) is 5.91 Å². The monoisotopic (exact) mass is 390 g/mol. The lowest BCUT2D eigenvalue weighted by Crippen LogP contribution is -2.27. The van der Waals surface area contributed by atoms with Crippen molar-refractivity contribution >= 4 is 21.6 Å². The normalized spacial score (nSPS) is 11.4. The van der Waals surface area contributed by atoms with E-state index >= 15 is 0 Å². The number of amides is 1. The fourth-order valence-electron chi connectivity index (χ4n) is 2.41. The summed E-state index contributed by atoms with van der Waals surface area (Å²) >= 11 is 0. The third-order valence-corrected chi connectivity index (χ3v) is 5.37. The van der Waals surface area contributed by atoms with Crippen molar-refractivity contribution in [2.24, 2.45) is 5.92 Å². The van der Waals surface area contributed by atoms with Crippen LogP contribution in [0.15, 0.2) is 47.4 Å². The van der Waals surface area contributed by atoms with Crippen LogP contribution in [0.5, 0.6) is 5.75 Å². The first-order valence-electron chi connectivity index (χ1n) is 8.77. The first-order valence-corrected chi connectivity index (χ1v) is 10.3. The smallest absolute Gasteiger partial charge is 0.262 e. The molecule has 0 fully saturated rings. The topological polar surface area (TPSA) is 84.5 Å². The van der Waals surface area contributed by atoms with E-state index in [1.54, 1.807) is 0 Å². The van der Waals surface area contributed by atoms with Gasteiger partial charge in [-0.1, -0.05) is 32.0 Å². The van der Waals surface area contributed by atoms with E-state index in [1.807, 2.05) is 45.9 Å². The number of benzene rings is 2. The Morgan fingerprint density at radius 3 is 2.19 bits per heavy atom. The molecule has 0 saturated heterocycles. The van der Waals surface area contributed by atoms with E-state index in [9.17, 15) is 13.2 Å². The number of sulfonamides is 1. The molecule has 2 N–H and O–H groups in total. The molecule has 0 saturated carbocycles. The van der Waals surface area contributed by atoms with E-state index < -0.39 is 10.0 Å². The molecule has 2 rings (SSSR count). The number of nitrogens with one attached hydrogen (secondary N) is 2. The fraction of sp³-hybridized carbons (Fsp3) is 0.350. The highest BCUT2D eigenvalue weighted by atomic mass is 32.2. The molecule has 0 aliphatic heterocycles.